The number of carbonyl (C=O) groups excluding carboxylic acids is 1. The van der Waals surface area contributed by atoms with E-state index in [0.717, 1.165) is 5.69 Å². The van der Waals surface area contributed by atoms with Crippen LogP contribution >= 0.6 is 0 Å². The quantitative estimate of drug-likeness (QED) is 0.358. The summed E-state index contributed by atoms with van der Waals surface area (Å²) in [6.45, 7) is 3.30. The van der Waals surface area contributed by atoms with Crippen LogP contribution in [0.5, 0.6) is 0 Å². The highest BCUT2D eigenvalue weighted by Crippen LogP contribution is 2.20. The second kappa shape index (κ2) is 9.59. The molecule has 0 saturated carbocycles. The number of anilines is 4. The lowest BCUT2D eigenvalue weighted by molar-refractivity contribution is 0.0169. The molecule has 0 bridgehead atoms. The van der Waals surface area contributed by atoms with Gasteiger partial charge in [0.1, 0.15) is 23.4 Å². The third-order valence-corrected chi connectivity index (χ3v) is 5.06. The van der Waals surface area contributed by atoms with E-state index in [0.29, 0.717) is 53.4 Å². The van der Waals surface area contributed by atoms with Gasteiger partial charge >= 0.3 is 5.97 Å². The molecule has 4 heterocycles. The minimum atomic E-state index is -0.353. The Morgan fingerprint density at radius 1 is 0.941 bits per heavy atom. The second-order valence-electron chi connectivity index (χ2n) is 7.71. The van der Waals surface area contributed by atoms with Crippen molar-refractivity contribution in [3.05, 3.63) is 78.2 Å². The molecule has 0 radical (unpaired) electrons. The van der Waals surface area contributed by atoms with E-state index in [2.05, 4.69) is 40.9 Å². The van der Waals surface area contributed by atoms with Crippen LogP contribution < -0.4 is 16.0 Å². The highest BCUT2D eigenvalue weighted by atomic mass is 16.5. The van der Waals surface area contributed by atoms with Gasteiger partial charge in [0.2, 0.25) is 5.95 Å². The molecule has 5 rings (SSSR count). The smallest absolute Gasteiger partial charge is 0.338 e. The van der Waals surface area contributed by atoms with Crippen LogP contribution in [0.25, 0.3) is 11.5 Å². The molecular weight excluding hydrogens is 432 g/mol. The number of rotatable bonds is 7. The topological polar surface area (TPSA) is 127 Å². The number of ether oxygens (including phenoxy) is 1. The molecule has 0 atom stereocenters. The van der Waals surface area contributed by atoms with Crippen LogP contribution in [-0.4, -0.2) is 50.1 Å². The zero-order valence-electron chi connectivity index (χ0n) is 18.4. The average Bonchev–Trinajstić information content (AvgIpc) is 2.82. The molecule has 3 N–H and O–H groups in total. The number of hydrogen-bond donors (Lipinski definition) is 3. The lowest BCUT2D eigenvalue weighted by Crippen LogP contribution is -2.49. The van der Waals surface area contributed by atoms with E-state index < -0.39 is 0 Å². The molecule has 1 saturated heterocycles. The number of nitrogens with one attached hydrogen (secondary N) is 3. The van der Waals surface area contributed by atoms with Crippen LogP contribution in [0.2, 0.25) is 0 Å². The van der Waals surface area contributed by atoms with E-state index in [1.807, 2.05) is 31.2 Å². The zero-order chi connectivity index (χ0) is 23.3. The van der Waals surface area contributed by atoms with Gasteiger partial charge in [-0.15, -0.1) is 0 Å². The third-order valence-electron chi connectivity index (χ3n) is 5.06. The fourth-order valence-electron chi connectivity index (χ4n) is 3.26. The van der Waals surface area contributed by atoms with Gasteiger partial charge in [-0.25, -0.2) is 24.7 Å². The first kappa shape index (κ1) is 21.4. The molecular formula is C24H22N8O2. The van der Waals surface area contributed by atoms with Gasteiger partial charge in [-0.3, -0.25) is 0 Å². The SMILES string of the molecule is Cc1cccc(-c2nccc(Nc3ccnc(Nc4cccc(C(=O)OC5CNC5)c4)n3)n2)n1. The van der Waals surface area contributed by atoms with Gasteiger partial charge in [-0.05, 0) is 49.4 Å². The molecule has 10 nitrogen and oxygen atoms in total. The summed E-state index contributed by atoms with van der Waals surface area (Å²) in [5.74, 6) is 1.66. The van der Waals surface area contributed by atoms with Crippen molar-refractivity contribution in [2.45, 2.75) is 13.0 Å². The molecule has 0 spiro atoms. The summed E-state index contributed by atoms with van der Waals surface area (Å²) in [4.78, 5) is 34.4. The van der Waals surface area contributed by atoms with Gasteiger partial charge < -0.3 is 20.7 Å². The molecule has 0 aliphatic carbocycles. The number of esters is 1. The Kier molecular flexibility index (Phi) is 6.04. The van der Waals surface area contributed by atoms with E-state index in [9.17, 15) is 4.79 Å². The Bertz CT molecular complexity index is 1330. The third kappa shape index (κ3) is 5.13. The summed E-state index contributed by atoms with van der Waals surface area (Å²) in [7, 11) is 0. The Morgan fingerprint density at radius 3 is 2.53 bits per heavy atom. The van der Waals surface area contributed by atoms with Crippen molar-refractivity contribution in [3.63, 3.8) is 0 Å². The van der Waals surface area contributed by atoms with E-state index in [-0.39, 0.29) is 12.1 Å². The van der Waals surface area contributed by atoms with Crippen molar-refractivity contribution >= 4 is 29.2 Å². The predicted octanol–water partition coefficient (Wildman–Crippen LogP) is 3.25. The van der Waals surface area contributed by atoms with Crippen LogP contribution in [0.4, 0.5) is 23.3 Å². The fourth-order valence-corrected chi connectivity index (χ4v) is 3.26. The largest absolute Gasteiger partial charge is 0.456 e. The lowest BCUT2D eigenvalue weighted by atomic mass is 10.2. The number of carbonyl (C=O) groups is 1. The Labute approximate surface area is 195 Å². The van der Waals surface area contributed by atoms with Crippen LogP contribution in [0.3, 0.4) is 0 Å². The van der Waals surface area contributed by atoms with E-state index in [4.69, 9.17) is 4.74 Å². The summed E-state index contributed by atoms with van der Waals surface area (Å²) in [5.41, 5.74) is 2.72. The number of hydrogen-bond acceptors (Lipinski definition) is 10. The zero-order valence-corrected chi connectivity index (χ0v) is 18.4. The molecule has 1 aliphatic heterocycles. The number of benzene rings is 1. The summed E-state index contributed by atoms with van der Waals surface area (Å²) in [6, 6.07) is 16.2. The minimum absolute atomic E-state index is 0.0702. The molecule has 34 heavy (non-hydrogen) atoms. The van der Waals surface area contributed by atoms with Crippen LogP contribution in [-0.2, 0) is 4.74 Å². The molecule has 10 heteroatoms. The molecule has 1 fully saturated rings. The number of nitrogens with zero attached hydrogens (tertiary/aromatic N) is 5. The predicted molar refractivity (Wildman–Crippen MR) is 127 cm³/mol. The summed E-state index contributed by atoms with van der Waals surface area (Å²) >= 11 is 0. The monoisotopic (exact) mass is 454 g/mol. The number of aromatic nitrogens is 5. The average molecular weight is 454 g/mol. The van der Waals surface area contributed by atoms with Gasteiger partial charge in [0.25, 0.3) is 0 Å². The molecule has 0 unspecified atom stereocenters. The van der Waals surface area contributed by atoms with Crippen molar-refractivity contribution in [2.24, 2.45) is 0 Å². The maximum atomic E-state index is 12.3. The Morgan fingerprint density at radius 2 is 1.74 bits per heavy atom. The Balaban J connectivity index is 1.29. The summed E-state index contributed by atoms with van der Waals surface area (Å²) in [6.07, 6.45) is 3.22. The van der Waals surface area contributed by atoms with Gasteiger partial charge in [-0.2, -0.15) is 4.98 Å². The molecule has 1 aliphatic rings. The maximum Gasteiger partial charge on any atom is 0.338 e. The van der Waals surface area contributed by atoms with Crippen LogP contribution in [0, 0.1) is 6.92 Å². The van der Waals surface area contributed by atoms with Crippen molar-refractivity contribution < 1.29 is 9.53 Å². The molecule has 0 amide bonds. The fraction of sp³-hybridized carbons (Fsp3) is 0.167. The van der Waals surface area contributed by atoms with Gasteiger partial charge in [-0.1, -0.05) is 12.1 Å². The first-order valence-corrected chi connectivity index (χ1v) is 10.8. The first-order chi connectivity index (χ1) is 16.6. The van der Waals surface area contributed by atoms with E-state index in [1.165, 1.54) is 0 Å². The minimum Gasteiger partial charge on any atom is -0.456 e. The maximum absolute atomic E-state index is 12.3. The highest BCUT2D eigenvalue weighted by Gasteiger charge is 2.22. The Hall–Kier alpha value is -4.44. The number of aryl methyl sites for hydroxylation is 1. The van der Waals surface area contributed by atoms with E-state index >= 15 is 0 Å². The highest BCUT2D eigenvalue weighted by molar-refractivity contribution is 5.90. The summed E-state index contributed by atoms with van der Waals surface area (Å²) < 4.78 is 5.42. The molecule has 4 aromatic rings. The van der Waals surface area contributed by atoms with Crippen LogP contribution in [0.1, 0.15) is 16.1 Å². The van der Waals surface area contributed by atoms with Gasteiger partial charge in [0, 0.05) is 36.9 Å². The van der Waals surface area contributed by atoms with E-state index in [1.54, 1.807) is 42.7 Å². The molecule has 170 valence electrons. The van der Waals surface area contributed by atoms with Crippen molar-refractivity contribution in [3.8, 4) is 11.5 Å². The second-order valence-corrected chi connectivity index (χ2v) is 7.71. The lowest BCUT2D eigenvalue weighted by Gasteiger charge is -2.26. The molecule has 3 aromatic heterocycles. The molecule has 1 aromatic carbocycles. The van der Waals surface area contributed by atoms with Crippen molar-refractivity contribution in [2.75, 3.05) is 23.7 Å². The normalized spacial score (nSPS) is 13.1. The van der Waals surface area contributed by atoms with Gasteiger partial charge in [0.05, 0.1) is 5.56 Å². The first-order valence-electron chi connectivity index (χ1n) is 10.8. The summed E-state index contributed by atoms with van der Waals surface area (Å²) in [5, 5.41) is 9.37. The van der Waals surface area contributed by atoms with Crippen LogP contribution in [0.15, 0.2) is 67.0 Å². The van der Waals surface area contributed by atoms with Gasteiger partial charge in [0.15, 0.2) is 5.82 Å². The number of pyridine rings is 1. The standard InChI is InChI=1S/C24H22N8O2/c1-15-4-2-7-19(28-15)22-26-10-8-20(31-22)30-21-9-11-27-24(32-21)29-17-6-3-5-16(12-17)23(33)34-18-13-25-14-18/h2-12,18,25H,13-14H2,1H3,(H2,26,27,29,30,31,32). The van der Waals surface area contributed by atoms with Crippen molar-refractivity contribution in [1.29, 1.82) is 0 Å². The van der Waals surface area contributed by atoms with Crippen molar-refractivity contribution in [1.82, 2.24) is 30.2 Å².